The van der Waals surface area contributed by atoms with E-state index in [1.165, 1.54) is 9.96 Å². The average molecular weight is 368 g/mol. The van der Waals surface area contributed by atoms with E-state index < -0.39 is 22.0 Å². The first-order valence-corrected chi connectivity index (χ1v) is 9.77. The number of amides is 3. The van der Waals surface area contributed by atoms with Gasteiger partial charge in [0.15, 0.2) is 0 Å². The highest BCUT2D eigenvalue weighted by Crippen LogP contribution is 2.30. The molecule has 0 radical (unpaired) electrons. The van der Waals surface area contributed by atoms with Crippen LogP contribution < -0.4 is 10.3 Å². The molecule has 1 aromatic carbocycles. The quantitative estimate of drug-likeness (QED) is 0.686. The number of fused-ring (bicyclic) bond motifs is 2. The molecule has 2 aliphatic heterocycles. The van der Waals surface area contributed by atoms with Crippen molar-refractivity contribution in [2.75, 3.05) is 12.8 Å². The Morgan fingerprint density at radius 2 is 2.00 bits per heavy atom. The predicted octanol–water partition coefficient (Wildman–Crippen LogP) is -0.0328. The molecular weight excluding hydrogens is 348 g/mol. The number of carbonyl (C=O) groups excluding carboxylic acids is 2. The Labute approximate surface area is 145 Å². The fraction of sp³-hybridized carbons (Fsp3) is 0.467. The van der Waals surface area contributed by atoms with Gasteiger partial charge in [-0.3, -0.25) is 15.1 Å². The lowest BCUT2D eigenvalue weighted by Crippen LogP contribution is -2.53. The molecule has 2 saturated heterocycles. The number of hydrogen-bond donors (Lipinski definition) is 2. The van der Waals surface area contributed by atoms with Crippen LogP contribution in [0.15, 0.2) is 30.3 Å². The molecule has 3 amide bonds. The van der Waals surface area contributed by atoms with Gasteiger partial charge in [-0.25, -0.2) is 13.2 Å². The van der Waals surface area contributed by atoms with Crippen LogP contribution in [0, 0.1) is 0 Å². The monoisotopic (exact) mass is 368 g/mol. The van der Waals surface area contributed by atoms with Crippen LogP contribution in [0.3, 0.4) is 0 Å². The summed E-state index contributed by atoms with van der Waals surface area (Å²) >= 11 is 0. The second kappa shape index (κ2) is 6.98. The lowest BCUT2D eigenvalue weighted by molar-refractivity contribution is -0.140. The molecule has 2 aliphatic rings. The molecule has 3 rings (SSSR count). The number of urea groups is 1. The first kappa shape index (κ1) is 17.6. The van der Waals surface area contributed by atoms with Gasteiger partial charge in [0.2, 0.25) is 10.0 Å². The zero-order valence-corrected chi connectivity index (χ0v) is 14.5. The first-order chi connectivity index (χ1) is 11.8. The Balaban J connectivity index is 1.61. The summed E-state index contributed by atoms with van der Waals surface area (Å²) in [5.41, 5.74) is 3.08. The third-order valence-corrected chi connectivity index (χ3v) is 4.67. The second-order valence-corrected chi connectivity index (χ2v) is 7.88. The molecule has 2 bridgehead atoms. The number of nitrogens with zero attached hydrogens (tertiary/aromatic N) is 2. The van der Waals surface area contributed by atoms with Crippen LogP contribution in [0.2, 0.25) is 0 Å². The Bertz CT molecular complexity index is 754. The highest BCUT2D eigenvalue weighted by Gasteiger charge is 2.47. The topological polar surface area (TPSA) is 108 Å². The smallest absolute Gasteiger partial charge is 0.309 e. The molecule has 136 valence electrons. The summed E-state index contributed by atoms with van der Waals surface area (Å²) in [6, 6.07) is 8.28. The molecule has 0 saturated carbocycles. The van der Waals surface area contributed by atoms with Gasteiger partial charge < -0.3 is 4.90 Å². The zero-order chi connectivity index (χ0) is 18.0. The largest absolute Gasteiger partial charge is 0.345 e. The van der Waals surface area contributed by atoms with E-state index in [2.05, 4.69) is 5.43 Å². The fourth-order valence-corrected chi connectivity index (χ4v) is 3.30. The van der Waals surface area contributed by atoms with Crippen molar-refractivity contribution in [1.82, 2.24) is 20.2 Å². The minimum Gasteiger partial charge on any atom is -0.309 e. The predicted molar refractivity (Wildman–Crippen MR) is 88.1 cm³/mol. The summed E-state index contributed by atoms with van der Waals surface area (Å²) in [6.07, 6.45) is 1.98. The standard InChI is InChI=1S/C15H20N4O5S/c1-25(22,23)17-16-14(20)13-8-7-12-9-18(13)15(21)19(12)24-10-11-5-3-2-4-6-11/h2-6,12-13,17H,7-10H2,1H3,(H,16,20). The van der Waals surface area contributed by atoms with Gasteiger partial charge in [-0.1, -0.05) is 30.3 Å². The molecule has 9 nitrogen and oxygen atoms in total. The van der Waals surface area contributed by atoms with E-state index in [4.69, 9.17) is 4.84 Å². The summed E-state index contributed by atoms with van der Waals surface area (Å²) in [4.78, 5) is 33.7. The minimum atomic E-state index is -3.56. The van der Waals surface area contributed by atoms with Crippen molar-refractivity contribution in [3.05, 3.63) is 35.9 Å². The molecule has 0 aliphatic carbocycles. The van der Waals surface area contributed by atoms with Crippen LogP contribution in [0.4, 0.5) is 4.79 Å². The molecule has 0 spiro atoms. The van der Waals surface area contributed by atoms with Crippen molar-refractivity contribution >= 4 is 22.0 Å². The van der Waals surface area contributed by atoms with Gasteiger partial charge in [0.1, 0.15) is 12.6 Å². The molecule has 25 heavy (non-hydrogen) atoms. The molecule has 0 aromatic heterocycles. The number of rotatable bonds is 6. The number of hydroxylamine groups is 2. The van der Waals surface area contributed by atoms with Gasteiger partial charge in [-0.2, -0.15) is 5.06 Å². The number of sulfonamides is 1. The van der Waals surface area contributed by atoms with E-state index in [1.807, 2.05) is 35.2 Å². The summed E-state index contributed by atoms with van der Waals surface area (Å²) in [6.45, 7) is 0.647. The number of nitrogens with one attached hydrogen (secondary N) is 2. The van der Waals surface area contributed by atoms with E-state index in [0.29, 0.717) is 19.4 Å². The van der Waals surface area contributed by atoms with E-state index in [1.54, 1.807) is 0 Å². The highest BCUT2D eigenvalue weighted by atomic mass is 32.2. The van der Waals surface area contributed by atoms with Crippen molar-refractivity contribution in [3.8, 4) is 0 Å². The Hall–Kier alpha value is -2.17. The molecule has 2 heterocycles. The lowest BCUT2D eigenvalue weighted by atomic mass is 10.0. The number of benzene rings is 1. The maximum atomic E-state index is 12.5. The number of carbonyl (C=O) groups is 2. The third kappa shape index (κ3) is 4.09. The molecule has 10 heteroatoms. The second-order valence-electron chi connectivity index (χ2n) is 6.13. The molecule has 1 aromatic rings. The van der Waals surface area contributed by atoms with E-state index in [0.717, 1.165) is 11.8 Å². The maximum Gasteiger partial charge on any atom is 0.345 e. The van der Waals surface area contributed by atoms with E-state index in [9.17, 15) is 18.0 Å². The van der Waals surface area contributed by atoms with Crippen molar-refractivity contribution < 1.29 is 22.8 Å². The minimum absolute atomic E-state index is 0.108. The van der Waals surface area contributed by atoms with Crippen LogP contribution in [0.1, 0.15) is 18.4 Å². The van der Waals surface area contributed by atoms with Crippen molar-refractivity contribution in [1.29, 1.82) is 0 Å². The molecule has 2 unspecified atom stereocenters. The van der Waals surface area contributed by atoms with Crippen molar-refractivity contribution in [3.63, 3.8) is 0 Å². The van der Waals surface area contributed by atoms with Crippen molar-refractivity contribution in [2.24, 2.45) is 0 Å². The SMILES string of the molecule is CS(=O)(=O)NNC(=O)C1CCC2CN1C(=O)N2OCc1ccccc1. The lowest BCUT2D eigenvalue weighted by Gasteiger charge is -2.29. The molecule has 2 atom stereocenters. The van der Waals surface area contributed by atoms with E-state index >= 15 is 0 Å². The van der Waals surface area contributed by atoms with Gasteiger partial charge in [-0.15, -0.1) is 4.83 Å². The molecular formula is C15H20N4O5S. The Morgan fingerprint density at radius 3 is 2.68 bits per heavy atom. The molecule has 2 fully saturated rings. The number of hydrogen-bond acceptors (Lipinski definition) is 5. The van der Waals surface area contributed by atoms with Crippen LogP contribution in [0.5, 0.6) is 0 Å². The van der Waals surface area contributed by atoms with Crippen LogP contribution in [0.25, 0.3) is 0 Å². The summed E-state index contributed by atoms with van der Waals surface area (Å²) in [5, 5.41) is 1.32. The van der Waals surface area contributed by atoms with Gasteiger partial charge in [0, 0.05) is 6.54 Å². The van der Waals surface area contributed by atoms with Crippen LogP contribution >= 0.6 is 0 Å². The highest BCUT2D eigenvalue weighted by molar-refractivity contribution is 7.88. The number of hydrazine groups is 1. The Kier molecular flexibility index (Phi) is 4.93. The Morgan fingerprint density at radius 1 is 1.28 bits per heavy atom. The van der Waals surface area contributed by atoms with Gasteiger partial charge >= 0.3 is 6.03 Å². The maximum absolute atomic E-state index is 12.5. The average Bonchev–Trinajstić information content (AvgIpc) is 2.82. The third-order valence-electron chi connectivity index (χ3n) is 4.20. The summed E-state index contributed by atoms with van der Waals surface area (Å²) < 4.78 is 22.2. The first-order valence-electron chi connectivity index (χ1n) is 7.88. The van der Waals surface area contributed by atoms with Gasteiger partial charge in [-0.05, 0) is 18.4 Å². The van der Waals surface area contributed by atoms with Crippen LogP contribution in [-0.4, -0.2) is 55.2 Å². The molecule has 2 N–H and O–H groups in total. The summed E-state index contributed by atoms with van der Waals surface area (Å²) in [7, 11) is -3.56. The van der Waals surface area contributed by atoms with Gasteiger partial charge in [0.05, 0.1) is 12.3 Å². The summed E-state index contributed by atoms with van der Waals surface area (Å²) in [5.74, 6) is -0.554. The van der Waals surface area contributed by atoms with Crippen molar-refractivity contribution in [2.45, 2.75) is 31.5 Å². The number of piperidine rings is 1. The van der Waals surface area contributed by atoms with Gasteiger partial charge in [0.25, 0.3) is 5.91 Å². The fourth-order valence-electron chi connectivity index (χ4n) is 3.02. The zero-order valence-electron chi connectivity index (χ0n) is 13.7. The normalized spacial score (nSPS) is 23.0. The van der Waals surface area contributed by atoms with E-state index in [-0.39, 0.29) is 18.7 Å². The van der Waals surface area contributed by atoms with Crippen LogP contribution in [-0.2, 0) is 26.3 Å².